The molecule has 4 nitrogen and oxygen atoms in total. The average molecular weight is 257 g/mol. The summed E-state index contributed by atoms with van der Waals surface area (Å²) >= 11 is 5.30. The molecule has 0 bridgehead atoms. The van der Waals surface area contributed by atoms with Gasteiger partial charge in [-0.1, -0.05) is 47.7 Å². The quantitative estimate of drug-likeness (QED) is 0.628. The van der Waals surface area contributed by atoms with Gasteiger partial charge in [0.15, 0.2) is 10.2 Å². The Kier molecular flexibility index (Phi) is 2.48. The van der Waals surface area contributed by atoms with E-state index in [1.807, 2.05) is 44.3 Å². The monoisotopic (exact) mass is 257 g/mol. The summed E-state index contributed by atoms with van der Waals surface area (Å²) in [5.74, 6) is 0.739. The molecule has 2 heterocycles. The van der Waals surface area contributed by atoms with Crippen LogP contribution in [0.15, 0.2) is 34.9 Å². The Hall–Kier alpha value is -2.01. The fourth-order valence-electron chi connectivity index (χ4n) is 1.99. The van der Waals surface area contributed by atoms with Gasteiger partial charge in [-0.25, -0.2) is 0 Å². The van der Waals surface area contributed by atoms with Crippen molar-refractivity contribution in [1.82, 2.24) is 14.9 Å². The van der Waals surface area contributed by atoms with Gasteiger partial charge < -0.3 is 4.52 Å². The van der Waals surface area contributed by atoms with Crippen LogP contribution in [0, 0.1) is 11.6 Å². The molecular formula is C13H11N3OS. The third-order valence-corrected chi connectivity index (χ3v) is 3.35. The second-order valence-electron chi connectivity index (χ2n) is 4.11. The molecule has 0 saturated carbocycles. The maximum atomic E-state index is 5.30. The minimum Gasteiger partial charge on any atom is -0.360 e. The highest BCUT2D eigenvalue weighted by Crippen LogP contribution is 2.28. The summed E-state index contributed by atoms with van der Waals surface area (Å²) < 4.78 is 7.48. The number of hydrogen-bond donors (Lipinski definition) is 0. The van der Waals surface area contributed by atoms with Crippen molar-refractivity contribution >= 4 is 23.1 Å². The molecule has 0 unspecified atom stereocenters. The zero-order valence-electron chi connectivity index (χ0n) is 10.0. The van der Waals surface area contributed by atoms with Crippen LogP contribution in [-0.2, 0) is 7.05 Å². The summed E-state index contributed by atoms with van der Waals surface area (Å²) in [6.45, 7) is 1.87. The van der Waals surface area contributed by atoms with Gasteiger partial charge >= 0.3 is 0 Å². The van der Waals surface area contributed by atoms with Crippen molar-refractivity contribution in [1.29, 1.82) is 0 Å². The van der Waals surface area contributed by atoms with Crippen LogP contribution in [0.25, 0.3) is 22.2 Å². The van der Waals surface area contributed by atoms with Crippen LogP contribution in [0.3, 0.4) is 0 Å². The third-order valence-electron chi connectivity index (χ3n) is 2.89. The Morgan fingerprint density at radius 3 is 2.67 bits per heavy atom. The lowest BCUT2D eigenvalue weighted by molar-refractivity contribution is 0.405. The first kappa shape index (κ1) is 11.1. The fraction of sp³-hybridized carbons (Fsp3) is 0.154. The van der Waals surface area contributed by atoms with E-state index in [2.05, 4.69) is 10.3 Å². The molecule has 0 aliphatic carbocycles. The van der Waals surface area contributed by atoms with E-state index in [1.165, 1.54) is 0 Å². The molecule has 0 N–H and O–H groups in total. The van der Waals surface area contributed by atoms with E-state index in [0.29, 0.717) is 10.2 Å². The van der Waals surface area contributed by atoms with Crippen molar-refractivity contribution in [2.24, 2.45) is 7.05 Å². The van der Waals surface area contributed by atoms with Gasteiger partial charge in [-0.05, 0) is 6.92 Å². The van der Waals surface area contributed by atoms with Crippen LogP contribution in [0.1, 0.15) is 5.76 Å². The van der Waals surface area contributed by atoms with E-state index < -0.39 is 0 Å². The molecule has 0 fully saturated rings. The van der Waals surface area contributed by atoms with E-state index in [9.17, 15) is 0 Å². The molecule has 0 spiro atoms. The summed E-state index contributed by atoms with van der Waals surface area (Å²) in [5.41, 5.74) is 2.57. The molecule has 0 aliphatic heterocycles. The zero-order chi connectivity index (χ0) is 12.7. The van der Waals surface area contributed by atoms with Gasteiger partial charge in [-0.3, -0.25) is 4.68 Å². The summed E-state index contributed by atoms with van der Waals surface area (Å²) in [4.78, 5) is 0. The zero-order valence-corrected chi connectivity index (χ0v) is 10.9. The summed E-state index contributed by atoms with van der Waals surface area (Å²) in [7, 11) is 1.82. The second kappa shape index (κ2) is 4.03. The molecule has 5 heteroatoms. The highest BCUT2D eigenvalue weighted by Gasteiger charge is 2.15. The van der Waals surface area contributed by atoms with Gasteiger partial charge in [-0.2, -0.15) is 5.10 Å². The highest BCUT2D eigenvalue weighted by atomic mass is 32.1. The standard InChI is InChI=1S/C13H11N3OS/c1-8-10-11(9-6-4-3-5-7-9)14-16(2)13(18)12(10)15-17-8/h3-7H,1-2H3. The number of rotatable bonds is 1. The second-order valence-corrected chi connectivity index (χ2v) is 4.49. The number of nitrogens with zero attached hydrogens (tertiary/aromatic N) is 3. The van der Waals surface area contributed by atoms with Gasteiger partial charge in [0.25, 0.3) is 0 Å². The van der Waals surface area contributed by atoms with Crippen LogP contribution in [0.2, 0.25) is 0 Å². The van der Waals surface area contributed by atoms with E-state index in [0.717, 1.165) is 22.4 Å². The Labute approximate surface area is 109 Å². The predicted molar refractivity (Wildman–Crippen MR) is 71.8 cm³/mol. The molecule has 0 radical (unpaired) electrons. The molecule has 0 amide bonds. The molecule has 0 atom stereocenters. The van der Waals surface area contributed by atoms with E-state index in [1.54, 1.807) is 4.68 Å². The van der Waals surface area contributed by atoms with Crippen LogP contribution in [-0.4, -0.2) is 14.9 Å². The summed E-state index contributed by atoms with van der Waals surface area (Å²) in [6, 6.07) is 9.96. The van der Waals surface area contributed by atoms with E-state index in [-0.39, 0.29) is 0 Å². The van der Waals surface area contributed by atoms with Crippen LogP contribution in [0.5, 0.6) is 0 Å². The van der Waals surface area contributed by atoms with Crippen LogP contribution >= 0.6 is 12.2 Å². The minimum absolute atomic E-state index is 0.585. The average Bonchev–Trinajstić information content (AvgIpc) is 2.77. The SMILES string of the molecule is Cc1onc2c(=S)n(C)nc(-c3ccccc3)c12. The minimum atomic E-state index is 0.585. The fourth-order valence-corrected chi connectivity index (χ4v) is 2.17. The summed E-state index contributed by atoms with van der Waals surface area (Å²) in [5, 5.41) is 9.43. The smallest absolute Gasteiger partial charge is 0.152 e. The number of benzene rings is 1. The van der Waals surface area contributed by atoms with Gasteiger partial charge in [-0.15, -0.1) is 0 Å². The Morgan fingerprint density at radius 1 is 1.22 bits per heavy atom. The number of fused-ring (bicyclic) bond motifs is 1. The van der Waals surface area contributed by atoms with Gasteiger partial charge in [0.1, 0.15) is 11.5 Å². The number of aromatic nitrogens is 3. The molecule has 90 valence electrons. The maximum absolute atomic E-state index is 5.30. The van der Waals surface area contributed by atoms with Crippen molar-refractivity contribution in [3.63, 3.8) is 0 Å². The first-order valence-corrected chi connectivity index (χ1v) is 5.98. The lowest BCUT2D eigenvalue weighted by Gasteiger charge is -2.05. The van der Waals surface area contributed by atoms with Gasteiger partial charge in [0.05, 0.1) is 5.39 Å². The van der Waals surface area contributed by atoms with Crippen molar-refractivity contribution in [2.75, 3.05) is 0 Å². The van der Waals surface area contributed by atoms with E-state index >= 15 is 0 Å². The van der Waals surface area contributed by atoms with Gasteiger partial charge in [0, 0.05) is 12.6 Å². The first-order valence-electron chi connectivity index (χ1n) is 5.57. The summed E-state index contributed by atoms with van der Waals surface area (Å²) in [6.07, 6.45) is 0. The van der Waals surface area contributed by atoms with Crippen molar-refractivity contribution in [3.8, 4) is 11.3 Å². The Morgan fingerprint density at radius 2 is 1.94 bits per heavy atom. The first-order chi connectivity index (χ1) is 8.68. The molecule has 1 aromatic carbocycles. The third kappa shape index (κ3) is 1.55. The normalized spacial score (nSPS) is 11.0. The Balaban J connectivity index is 2.46. The molecule has 0 aliphatic rings. The Bertz CT molecular complexity index is 774. The number of hydrogen-bond acceptors (Lipinski definition) is 4. The topological polar surface area (TPSA) is 43.9 Å². The molecule has 3 rings (SSSR count). The highest BCUT2D eigenvalue weighted by molar-refractivity contribution is 7.71. The van der Waals surface area contributed by atoms with Gasteiger partial charge in [0.2, 0.25) is 0 Å². The molecular weight excluding hydrogens is 246 g/mol. The molecule has 3 aromatic rings. The maximum Gasteiger partial charge on any atom is 0.152 e. The van der Waals surface area contributed by atoms with Crippen molar-refractivity contribution in [2.45, 2.75) is 6.92 Å². The molecule has 0 saturated heterocycles. The largest absolute Gasteiger partial charge is 0.360 e. The number of aryl methyl sites for hydroxylation is 2. The lowest BCUT2D eigenvalue weighted by atomic mass is 10.1. The lowest BCUT2D eigenvalue weighted by Crippen LogP contribution is -2.01. The van der Waals surface area contributed by atoms with Crippen LogP contribution < -0.4 is 0 Å². The molecule has 18 heavy (non-hydrogen) atoms. The van der Waals surface area contributed by atoms with Crippen molar-refractivity contribution < 1.29 is 4.52 Å². The molecule has 2 aromatic heterocycles. The van der Waals surface area contributed by atoms with Crippen molar-refractivity contribution in [3.05, 3.63) is 40.7 Å². The van der Waals surface area contributed by atoms with Crippen LogP contribution in [0.4, 0.5) is 0 Å². The predicted octanol–water partition coefficient (Wildman–Crippen LogP) is 3.27. The van der Waals surface area contributed by atoms with E-state index in [4.69, 9.17) is 16.7 Å².